The molecule has 0 saturated carbocycles. The minimum Gasteiger partial charge on any atom is -0.319 e. The van der Waals surface area contributed by atoms with E-state index in [0.717, 1.165) is 3.79 Å². The molecule has 0 radical (unpaired) electrons. The van der Waals surface area contributed by atoms with Crippen LogP contribution in [-0.4, -0.2) is 15.7 Å². The molecule has 1 amide bonds. The molecule has 0 unspecified atom stereocenters. The number of hydrogen-bond donors (Lipinski definition) is 1. The minimum absolute atomic E-state index is 0.112. The van der Waals surface area contributed by atoms with E-state index in [0.29, 0.717) is 10.6 Å². The first-order chi connectivity index (χ1) is 7.15. The molecule has 0 aliphatic carbocycles. The number of aromatic nitrogens is 2. The van der Waals surface area contributed by atoms with Gasteiger partial charge in [0.05, 0.1) is 20.5 Å². The van der Waals surface area contributed by atoms with Crippen molar-refractivity contribution in [3.63, 3.8) is 0 Å². The Balaban J connectivity index is 2.10. The maximum Gasteiger partial charge on any atom is 0.265 e. The molecule has 6 heteroatoms. The van der Waals surface area contributed by atoms with Crippen LogP contribution >= 0.6 is 27.3 Å². The summed E-state index contributed by atoms with van der Waals surface area (Å²) in [4.78, 5) is 12.4. The summed E-state index contributed by atoms with van der Waals surface area (Å²) >= 11 is 4.71. The van der Waals surface area contributed by atoms with Crippen molar-refractivity contribution in [1.82, 2.24) is 9.78 Å². The highest BCUT2D eigenvalue weighted by molar-refractivity contribution is 9.11. The number of hydrogen-bond acceptors (Lipinski definition) is 3. The fourth-order valence-electron chi connectivity index (χ4n) is 1.11. The zero-order chi connectivity index (χ0) is 10.8. The standard InChI is InChI=1S/C9H8BrN3OS/c1-13-5-6(4-11-13)12-9(14)7-2-3-8(10)15-7/h2-5H,1H3,(H,12,14). The van der Waals surface area contributed by atoms with Crippen LogP contribution in [0.1, 0.15) is 9.67 Å². The predicted octanol–water partition coefficient (Wildman–Crippen LogP) is 2.50. The third-order valence-electron chi connectivity index (χ3n) is 1.76. The van der Waals surface area contributed by atoms with Gasteiger partial charge in [0.2, 0.25) is 0 Å². The summed E-state index contributed by atoms with van der Waals surface area (Å²) in [6.07, 6.45) is 3.36. The Morgan fingerprint density at radius 1 is 1.60 bits per heavy atom. The Morgan fingerprint density at radius 3 is 2.93 bits per heavy atom. The number of thiophene rings is 1. The number of halogens is 1. The summed E-state index contributed by atoms with van der Waals surface area (Å²) in [7, 11) is 1.80. The van der Waals surface area contributed by atoms with Crippen LogP contribution in [-0.2, 0) is 7.05 Å². The number of carbonyl (C=O) groups excluding carboxylic acids is 1. The molecule has 2 rings (SSSR count). The van der Waals surface area contributed by atoms with Gasteiger partial charge in [0.1, 0.15) is 0 Å². The zero-order valence-electron chi connectivity index (χ0n) is 7.90. The molecule has 2 aromatic heterocycles. The van der Waals surface area contributed by atoms with E-state index in [4.69, 9.17) is 0 Å². The molecule has 2 aromatic rings. The van der Waals surface area contributed by atoms with Gasteiger partial charge in [0.15, 0.2) is 0 Å². The average Bonchev–Trinajstić information content (AvgIpc) is 2.75. The summed E-state index contributed by atoms with van der Waals surface area (Å²) < 4.78 is 2.58. The maximum atomic E-state index is 11.7. The van der Waals surface area contributed by atoms with Crippen molar-refractivity contribution in [2.75, 3.05) is 5.32 Å². The first-order valence-corrected chi connectivity index (χ1v) is 5.81. The molecular weight excluding hydrogens is 278 g/mol. The highest BCUT2D eigenvalue weighted by atomic mass is 79.9. The minimum atomic E-state index is -0.112. The van der Waals surface area contributed by atoms with Crippen molar-refractivity contribution in [2.45, 2.75) is 0 Å². The molecule has 0 saturated heterocycles. The fraction of sp³-hybridized carbons (Fsp3) is 0.111. The molecule has 0 atom stereocenters. The highest BCUT2D eigenvalue weighted by Gasteiger charge is 2.09. The van der Waals surface area contributed by atoms with Gasteiger partial charge in [0.25, 0.3) is 5.91 Å². The Bertz CT molecular complexity index is 491. The summed E-state index contributed by atoms with van der Waals surface area (Å²) in [5, 5.41) is 6.72. The maximum absolute atomic E-state index is 11.7. The lowest BCUT2D eigenvalue weighted by Gasteiger charge is -1.97. The van der Waals surface area contributed by atoms with Crippen LogP contribution in [0, 0.1) is 0 Å². The van der Waals surface area contributed by atoms with Crippen molar-refractivity contribution in [3.8, 4) is 0 Å². The third kappa shape index (κ3) is 2.45. The topological polar surface area (TPSA) is 46.9 Å². The zero-order valence-corrected chi connectivity index (χ0v) is 10.3. The van der Waals surface area contributed by atoms with Crippen LogP contribution in [0.5, 0.6) is 0 Å². The van der Waals surface area contributed by atoms with Gasteiger partial charge in [-0.25, -0.2) is 0 Å². The van der Waals surface area contributed by atoms with Gasteiger partial charge in [-0.3, -0.25) is 9.48 Å². The number of carbonyl (C=O) groups is 1. The lowest BCUT2D eigenvalue weighted by atomic mass is 10.4. The molecule has 0 bridgehead atoms. The van der Waals surface area contributed by atoms with E-state index in [1.54, 1.807) is 30.2 Å². The largest absolute Gasteiger partial charge is 0.319 e. The summed E-state index contributed by atoms with van der Waals surface area (Å²) in [6, 6.07) is 3.63. The molecule has 15 heavy (non-hydrogen) atoms. The van der Waals surface area contributed by atoms with Crippen LogP contribution < -0.4 is 5.32 Å². The summed E-state index contributed by atoms with van der Waals surface area (Å²) in [6.45, 7) is 0. The van der Waals surface area contributed by atoms with Crippen LogP contribution in [0.4, 0.5) is 5.69 Å². The van der Waals surface area contributed by atoms with Crippen LogP contribution in [0.2, 0.25) is 0 Å². The van der Waals surface area contributed by atoms with Gasteiger partial charge in [0, 0.05) is 13.2 Å². The Labute approximate surface area is 99.0 Å². The van der Waals surface area contributed by atoms with E-state index in [-0.39, 0.29) is 5.91 Å². The Kier molecular flexibility index (Phi) is 2.88. The Hall–Kier alpha value is -1.14. The quantitative estimate of drug-likeness (QED) is 0.922. The van der Waals surface area contributed by atoms with E-state index >= 15 is 0 Å². The molecular formula is C9H8BrN3OS. The Morgan fingerprint density at radius 2 is 2.40 bits per heavy atom. The van der Waals surface area contributed by atoms with Gasteiger partial charge in [-0.15, -0.1) is 11.3 Å². The lowest BCUT2D eigenvalue weighted by molar-refractivity contribution is 0.103. The molecule has 4 nitrogen and oxygen atoms in total. The van der Waals surface area contributed by atoms with E-state index in [1.165, 1.54) is 11.3 Å². The fourth-order valence-corrected chi connectivity index (χ4v) is 2.40. The van der Waals surface area contributed by atoms with Gasteiger partial charge >= 0.3 is 0 Å². The number of rotatable bonds is 2. The van der Waals surface area contributed by atoms with Crippen molar-refractivity contribution >= 4 is 38.9 Å². The van der Waals surface area contributed by atoms with E-state index < -0.39 is 0 Å². The van der Waals surface area contributed by atoms with Crippen molar-refractivity contribution < 1.29 is 4.79 Å². The number of nitrogens with one attached hydrogen (secondary N) is 1. The van der Waals surface area contributed by atoms with Crippen LogP contribution in [0.15, 0.2) is 28.3 Å². The SMILES string of the molecule is Cn1cc(NC(=O)c2ccc(Br)s2)cn1. The summed E-state index contributed by atoms with van der Waals surface area (Å²) in [5.41, 5.74) is 0.701. The predicted molar refractivity (Wildman–Crippen MR) is 63.2 cm³/mol. The monoisotopic (exact) mass is 285 g/mol. The van der Waals surface area contributed by atoms with Gasteiger partial charge in [-0.05, 0) is 28.1 Å². The van der Waals surface area contributed by atoms with E-state index in [2.05, 4.69) is 26.3 Å². The molecule has 0 aliphatic rings. The van der Waals surface area contributed by atoms with Crippen molar-refractivity contribution in [1.29, 1.82) is 0 Å². The van der Waals surface area contributed by atoms with E-state index in [1.807, 2.05) is 6.07 Å². The van der Waals surface area contributed by atoms with Crippen molar-refractivity contribution in [2.24, 2.45) is 7.05 Å². The van der Waals surface area contributed by atoms with E-state index in [9.17, 15) is 4.79 Å². The second kappa shape index (κ2) is 4.16. The number of aryl methyl sites for hydroxylation is 1. The third-order valence-corrected chi connectivity index (χ3v) is 3.38. The van der Waals surface area contributed by atoms with Crippen LogP contribution in [0.3, 0.4) is 0 Å². The second-order valence-electron chi connectivity index (χ2n) is 2.96. The second-order valence-corrected chi connectivity index (χ2v) is 5.42. The van der Waals surface area contributed by atoms with Crippen LogP contribution in [0.25, 0.3) is 0 Å². The molecule has 0 aliphatic heterocycles. The molecule has 0 aromatic carbocycles. The number of anilines is 1. The highest BCUT2D eigenvalue weighted by Crippen LogP contribution is 2.22. The summed E-state index contributed by atoms with van der Waals surface area (Å²) in [5.74, 6) is -0.112. The molecule has 0 spiro atoms. The average molecular weight is 286 g/mol. The molecule has 0 fully saturated rings. The molecule has 1 N–H and O–H groups in total. The van der Waals surface area contributed by atoms with Gasteiger partial charge < -0.3 is 5.32 Å². The smallest absolute Gasteiger partial charge is 0.265 e. The molecule has 78 valence electrons. The van der Waals surface area contributed by atoms with Gasteiger partial charge in [-0.2, -0.15) is 5.10 Å². The lowest BCUT2D eigenvalue weighted by Crippen LogP contribution is -2.09. The normalized spacial score (nSPS) is 10.3. The first-order valence-electron chi connectivity index (χ1n) is 4.20. The van der Waals surface area contributed by atoms with Crippen molar-refractivity contribution in [3.05, 3.63) is 33.2 Å². The number of amides is 1. The number of nitrogens with zero attached hydrogens (tertiary/aromatic N) is 2. The van der Waals surface area contributed by atoms with Gasteiger partial charge in [-0.1, -0.05) is 0 Å². The molecule has 2 heterocycles. The first kappa shape index (κ1) is 10.4.